The van der Waals surface area contributed by atoms with Crippen LogP contribution in [0.3, 0.4) is 0 Å². The third kappa shape index (κ3) is 2.44. The van der Waals surface area contributed by atoms with Gasteiger partial charge in [-0.15, -0.1) is 0 Å². The molecule has 24 heavy (non-hydrogen) atoms. The molecule has 5 heteroatoms. The van der Waals surface area contributed by atoms with Gasteiger partial charge in [0.25, 0.3) is 0 Å². The van der Waals surface area contributed by atoms with Crippen molar-refractivity contribution in [2.45, 2.75) is 32.1 Å². The average Bonchev–Trinajstić information content (AvgIpc) is 2.90. The van der Waals surface area contributed by atoms with Crippen LogP contribution >= 0.6 is 0 Å². The van der Waals surface area contributed by atoms with E-state index in [1.54, 1.807) is 0 Å². The van der Waals surface area contributed by atoms with Crippen LogP contribution in [0.25, 0.3) is 11.0 Å². The highest BCUT2D eigenvalue weighted by Gasteiger charge is 2.34. The van der Waals surface area contributed by atoms with Gasteiger partial charge in [0.1, 0.15) is 5.82 Å². The topological polar surface area (TPSA) is 46.8 Å². The van der Waals surface area contributed by atoms with Crippen LogP contribution in [-0.2, 0) is 12.5 Å². The fourth-order valence-corrected chi connectivity index (χ4v) is 3.82. The highest BCUT2D eigenvalue weighted by Crippen LogP contribution is 2.35. The molecule has 5 nitrogen and oxygen atoms in total. The molecule has 1 aliphatic rings. The van der Waals surface area contributed by atoms with Gasteiger partial charge < -0.3 is 4.90 Å². The minimum atomic E-state index is 0.0299. The lowest BCUT2D eigenvalue weighted by Gasteiger charge is -2.40. The van der Waals surface area contributed by atoms with Gasteiger partial charge >= 0.3 is 0 Å². The number of nitrogens with zero attached hydrogens (tertiary/aromatic N) is 5. The highest BCUT2D eigenvalue weighted by atomic mass is 15.3. The normalized spacial score (nSPS) is 21.4. The molecule has 0 radical (unpaired) electrons. The first-order valence-electron chi connectivity index (χ1n) is 8.54. The second-order valence-electron chi connectivity index (χ2n) is 7.05. The number of hydrogen-bond donors (Lipinski definition) is 0. The van der Waals surface area contributed by atoms with Crippen molar-refractivity contribution in [2.75, 3.05) is 18.0 Å². The lowest BCUT2D eigenvalue weighted by molar-refractivity contribution is 0.364. The number of anilines is 1. The van der Waals surface area contributed by atoms with Crippen LogP contribution in [0, 0.1) is 6.92 Å². The molecule has 1 saturated heterocycles. The van der Waals surface area contributed by atoms with E-state index in [1.807, 2.05) is 30.9 Å². The average molecular weight is 321 g/mol. The van der Waals surface area contributed by atoms with E-state index in [9.17, 15) is 0 Å². The first kappa shape index (κ1) is 15.1. The minimum absolute atomic E-state index is 0.0299. The molecule has 3 aromatic heterocycles. The van der Waals surface area contributed by atoms with Crippen molar-refractivity contribution in [2.24, 2.45) is 7.05 Å². The molecule has 1 fully saturated rings. The van der Waals surface area contributed by atoms with E-state index >= 15 is 0 Å². The molecule has 4 rings (SSSR count). The van der Waals surface area contributed by atoms with E-state index < -0.39 is 0 Å². The Labute approximate surface area is 142 Å². The van der Waals surface area contributed by atoms with Crippen LogP contribution in [0.4, 0.5) is 5.82 Å². The molecule has 0 spiro atoms. The van der Waals surface area contributed by atoms with E-state index in [2.05, 4.69) is 46.2 Å². The Morgan fingerprint density at radius 3 is 2.83 bits per heavy atom. The lowest BCUT2D eigenvalue weighted by Crippen LogP contribution is -2.45. The van der Waals surface area contributed by atoms with Crippen LogP contribution in [0.1, 0.15) is 31.2 Å². The van der Waals surface area contributed by atoms with Crippen molar-refractivity contribution in [3.8, 4) is 0 Å². The molecule has 0 bridgehead atoms. The van der Waals surface area contributed by atoms with Gasteiger partial charge in [0.2, 0.25) is 0 Å². The summed E-state index contributed by atoms with van der Waals surface area (Å²) >= 11 is 0. The SMILES string of the molecule is Cc1nn(C)c2nc(C3(C)CCCN(c4ccccn4)C3)ccc12. The summed E-state index contributed by atoms with van der Waals surface area (Å²) in [6.07, 6.45) is 4.16. The van der Waals surface area contributed by atoms with Crippen molar-refractivity contribution in [3.63, 3.8) is 0 Å². The third-order valence-corrected chi connectivity index (χ3v) is 5.16. The largest absolute Gasteiger partial charge is 0.356 e. The molecule has 1 atom stereocenters. The predicted octanol–water partition coefficient (Wildman–Crippen LogP) is 3.23. The summed E-state index contributed by atoms with van der Waals surface area (Å²) in [5.41, 5.74) is 3.19. The van der Waals surface area contributed by atoms with Gasteiger partial charge in [-0.05, 0) is 44.0 Å². The van der Waals surface area contributed by atoms with Crippen molar-refractivity contribution < 1.29 is 0 Å². The Bertz CT molecular complexity index is 870. The maximum atomic E-state index is 4.97. The Morgan fingerprint density at radius 2 is 2.04 bits per heavy atom. The molecule has 0 aromatic carbocycles. The Hall–Kier alpha value is -2.43. The Balaban J connectivity index is 1.70. The van der Waals surface area contributed by atoms with E-state index in [0.717, 1.165) is 54.2 Å². The van der Waals surface area contributed by atoms with Crippen molar-refractivity contribution >= 4 is 16.9 Å². The minimum Gasteiger partial charge on any atom is -0.356 e. The van der Waals surface area contributed by atoms with E-state index in [-0.39, 0.29) is 5.41 Å². The molecule has 1 aliphatic heterocycles. The number of piperidine rings is 1. The summed E-state index contributed by atoms with van der Waals surface area (Å²) in [6, 6.07) is 10.5. The Morgan fingerprint density at radius 1 is 1.17 bits per heavy atom. The number of hydrogen-bond acceptors (Lipinski definition) is 4. The molecule has 124 valence electrons. The zero-order chi connectivity index (χ0) is 16.7. The Kier molecular flexibility index (Phi) is 3.52. The van der Waals surface area contributed by atoms with Crippen LogP contribution in [0.2, 0.25) is 0 Å². The zero-order valence-corrected chi connectivity index (χ0v) is 14.5. The number of rotatable bonds is 2. The summed E-state index contributed by atoms with van der Waals surface area (Å²) in [5, 5.41) is 5.64. The molecular formula is C19H23N5. The smallest absolute Gasteiger partial charge is 0.158 e. The number of pyridine rings is 2. The summed E-state index contributed by atoms with van der Waals surface area (Å²) in [6.45, 7) is 6.35. The van der Waals surface area contributed by atoms with Gasteiger partial charge in [-0.25, -0.2) is 9.97 Å². The van der Waals surface area contributed by atoms with E-state index in [1.165, 1.54) is 0 Å². The van der Waals surface area contributed by atoms with Gasteiger partial charge in [0, 0.05) is 37.1 Å². The second-order valence-corrected chi connectivity index (χ2v) is 7.05. The summed E-state index contributed by atoms with van der Waals surface area (Å²) < 4.78 is 1.89. The summed E-state index contributed by atoms with van der Waals surface area (Å²) in [4.78, 5) is 11.9. The van der Waals surface area contributed by atoms with Crippen LogP contribution in [0.15, 0.2) is 36.5 Å². The van der Waals surface area contributed by atoms with Gasteiger partial charge in [0.05, 0.1) is 11.4 Å². The molecule has 3 aromatic rings. The molecular weight excluding hydrogens is 298 g/mol. The van der Waals surface area contributed by atoms with Gasteiger partial charge in [-0.1, -0.05) is 13.0 Å². The quantitative estimate of drug-likeness (QED) is 0.727. The van der Waals surface area contributed by atoms with Crippen LogP contribution < -0.4 is 4.90 Å². The predicted molar refractivity (Wildman–Crippen MR) is 96.3 cm³/mol. The molecule has 0 saturated carbocycles. The number of aromatic nitrogens is 4. The molecule has 0 aliphatic carbocycles. The second kappa shape index (κ2) is 5.58. The van der Waals surface area contributed by atoms with Crippen molar-refractivity contribution in [3.05, 3.63) is 47.9 Å². The third-order valence-electron chi connectivity index (χ3n) is 5.16. The molecule has 1 unspecified atom stereocenters. The van der Waals surface area contributed by atoms with E-state index in [0.29, 0.717) is 0 Å². The zero-order valence-electron chi connectivity index (χ0n) is 14.5. The van der Waals surface area contributed by atoms with Crippen LogP contribution in [0.5, 0.6) is 0 Å². The summed E-state index contributed by atoms with van der Waals surface area (Å²) in [7, 11) is 1.97. The molecule has 0 N–H and O–H groups in total. The van der Waals surface area contributed by atoms with Gasteiger partial charge in [0.15, 0.2) is 5.65 Å². The van der Waals surface area contributed by atoms with Gasteiger partial charge in [-0.2, -0.15) is 5.10 Å². The first-order chi connectivity index (χ1) is 11.6. The number of fused-ring (bicyclic) bond motifs is 1. The van der Waals surface area contributed by atoms with Crippen molar-refractivity contribution in [1.82, 2.24) is 19.7 Å². The first-order valence-corrected chi connectivity index (χ1v) is 8.54. The molecule has 0 amide bonds. The maximum Gasteiger partial charge on any atom is 0.158 e. The fourth-order valence-electron chi connectivity index (χ4n) is 3.82. The molecule has 4 heterocycles. The van der Waals surface area contributed by atoms with E-state index in [4.69, 9.17) is 4.98 Å². The standard InChI is InChI=1S/C19H23N5/c1-14-15-8-9-16(21-18(15)23(3)22-14)19(2)10-6-12-24(13-19)17-7-4-5-11-20-17/h4-5,7-9,11H,6,10,12-13H2,1-3H3. The monoisotopic (exact) mass is 321 g/mol. The summed E-state index contributed by atoms with van der Waals surface area (Å²) in [5.74, 6) is 1.06. The lowest BCUT2D eigenvalue weighted by atomic mass is 9.78. The van der Waals surface area contributed by atoms with Crippen LogP contribution in [-0.4, -0.2) is 32.8 Å². The fraction of sp³-hybridized carbons (Fsp3) is 0.421. The van der Waals surface area contributed by atoms with Gasteiger partial charge in [-0.3, -0.25) is 4.68 Å². The highest BCUT2D eigenvalue weighted by molar-refractivity contribution is 5.78. The number of aryl methyl sites for hydroxylation is 2. The maximum absolute atomic E-state index is 4.97. The van der Waals surface area contributed by atoms with Crippen molar-refractivity contribution in [1.29, 1.82) is 0 Å².